The molecule has 0 radical (unpaired) electrons. The third kappa shape index (κ3) is 10.7. The standard InChI is InChI=1S/C26H45N6OS.4ClH.Fe/c1-16(2)27-24-30(19(7)8)25(28-17(3)4)32(21(11)12)26(31(24)20(9)10)29(18(5)6)23(33)22-14-13-15-34-22;;;;;/h13-21H,1-12H3;4*1H;/q+1;;;;;+3/p-4. The van der Waals surface area contributed by atoms with Crippen molar-refractivity contribution in [2.45, 2.75) is 119 Å². The Kier molecular flexibility index (Phi) is 14.6. The number of carbonyl (C=O) groups excluding carboxylic acids is 1. The zero-order valence-electron chi connectivity index (χ0n) is 25.1. The van der Waals surface area contributed by atoms with Crippen LogP contribution in [0.15, 0.2) is 27.5 Å². The van der Waals surface area contributed by atoms with Gasteiger partial charge in [-0.05, 0) is 94.5 Å². The topological polar surface area (TPSA) is 58.8 Å². The van der Waals surface area contributed by atoms with Crippen LogP contribution in [0.4, 0.5) is 5.95 Å². The van der Waals surface area contributed by atoms with Crippen LogP contribution in [0.3, 0.4) is 0 Å². The van der Waals surface area contributed by atoms with Gasteiger partial charge in [-0.15, -0.1) is 11.3 Å². The Morgan fingerprint density at radius 2 is 1.36 bits per heavy atom. The molecule has 1 amide bonds. The molecule has 227 valence electrons. The first-order valence-corrected chi connectivity index (χ1v) is 20.1. The van der Waals surface area contributed by atoms with E-state index in [1.54, 1.807) is 0 Å². The molecule has 0 atom stereocenters. The fraction of sp³-hybridized carbons (Fsp3) is 0.692. The van der Waals surface area contributed by atoms with Crippen LogP contribution in [0, 0.1) is 0 Å². The molecule has 0 N–H and O–H groups in total. The number of amides is 1. The second-order valence-corrected chi connectivity index (χ2v) is 22.7. The summed E-state index contributed by atoms with van der Waals surface area (Å²) >= 11 is 1.48. The van der Waals surface area contributed by atoms with Crippen molar-refractivity contribution in [1.82, 2.24) is 9.13 Å². The zero-order chi connectivity index (χ0) is 30.4. The minimum atomic E-state index is -2.61. The number of aromatic nitrogens is 3. The third-order valence-corrected chi connectivity index (χ3v) is 6.13. The summed E-state index contributed by atoms with van der Waals surface area (Å²) in [6.45, 7) is 25.5. The summed E-state index contributed by atoms with van der Waals surface area (Å²) in [5.41, 5.74) is 1.69. The number of hydrogen-bond acceptors (Lipinski definition) is 4. The van der Waals surface area contributed by atoms with Crippen LogP contribution >= 0.6 is 51.7 Å². The van der Waals surface area contributed by atoms with Gasteiger partial charge in [-0.3, -0.25) is 4.79 Å². The van der Waals surface area contributed by atoms with Crippen molar-refractivity contribution in [3.05, 3.63) is 33.6 Å². The van der Waals surface area contributed by atoms with Gasteiger partial charge in [-0.1, -0.05) is 6.07 Å². The summed E-state index contributed by atoms with van der Waals surface area (Å²) in [5.74, 6) is 0.830. The van der Waals surface area contributed by atoms with Gasteiger partial charge in [-0.25, -0.2) is 23.6 Å². The van der Waals surface area contributed by atoms with E-state index in [0.717, 1.165) is 22.1 Å². The van der Waals surface area contributed by atoms with Crippen LogP contribution in [-0.4, -0.2) is 33.2 Å². The van der Waals surface area contributed by atoms with Crippen LogP contribution in [0.1, 0.15) is 111 Å². The fourth-order valence-corrected chi connectivity index (χ4v) is 4.68. The van der Waals surface area contributed by atoms with Crippen LogP contribution in [0.2, 0.25) is 0 Å². The molecular weight excluding hydrogens is 642 g/mol. The zero-order valence-corrected chi connectivity index (χ0v) is 30.0. The molecule has 0 aromatic carbocycles. The summed E-state index contributed by atoms with van der Waals surface area (Å²) in [5, 5.41) is 1.95. The van der Waals surface area contributed by atoms with Gasteiger partial charge in [0.1, 0.15) is 4.88 Å². The first-order valence-electron chi connectivity index (χ1n) is 13.1. The van der Waals surface area contributed by atoms with E-state index in [1.807, 2.05) is 22.4 Å². The molecular formula is C26H45Cl4FeN6OS. The average molecular weight is 687 g/mol. The van der Waals surface area contributed by atoms with Gasteiger partial charge in [0.25, 0.3) is 5.62 Å². The van der Waals surface area contributed by atoms with Crippen molar-refractivity contribution in [3.63, 3.8) is 0 Å². The van der Waals surface area contributed by atoms with Crippen molar-refractivity contribution in [2.75, 3.05) is 4.90 Å². The molecule has 0 saturated carbocycles. The van der Waals surface area contributed by atoms with Crippen LogP contribution in [0.25, 0.3) is 0 Å². The Hall–Kier alpha value is -0.541. The van der Waals surface area contributed by atoms with Gasteiger partial charge in [0.15, 0.2) is 0 Å². The number of carbonyl (C=O) groups is 1. The van der Waals surface area contributed by atoms with Crippen molar-refractivity contribution in [2.24, 2.45) is 9.98 Å². The van der Waals surface area contributed by atoms with E-state index in [9.17, 15) is 4.79 Å². The molecule has 0 unspecified atom stereocenters. The van der Waals surface area contributed by atoms with Crippen LogP contribution in [-0.2, 0) is 9.20 Å². The van der Waals surface area contributed by atoms with Gasteiger partial charge in [0.2, 0.25) is 0 Å². The Balaban J connectivity index is 0.00000139. The monoisotopic (exact) mass is 685 g/mol. The van der Waals surface area contributed by atoms with E-state index >= 15 is 0 Å². The average Bonchev–Trinajstić information content (AvgIpc) is 3.25. The molecule has 13 heteroatoms. The quantitative estimate of drug-likeness (QED) is 0.207. The molecule has 0 aliphatic rings. The van der Waals surface area contributed by atoms with Gasteiger partial charge in [-0.2, -0.15) is 4.99 Å². The molecule has 7 nitrogen and oxygen atoms in total. The number of anilines is 1. The predicted octanol–water partition coefficient (Wildman–Crippen LogP) is 7.81. The Bertz CT molecular complexity index is 1150. The van der Waals surface area contributed by atoms with E-state index in [2.05, 4.69) is 96.8 Å². The summed E-state index contributed by atoms with van der Waals surface area (Å²) in [6.07, 6.45) is 0. The molecule has 0 aliphatic heterocycles. The van der Waals surface area contributed by atoms with Crippen LogP contribution < -0.4 is 20.7 Å². The van der Waals surface area contributed by atoms with Gasteiger partial charge in [0, 0.05) is 6.04 Å². The second kappa shape index (κ2) is 15.6. The van der Waals surface area contributed by atoms with Crippen LogP contribution in [0.5, 0.6) is 0 Å². The number of thiophene rings is 1. The molecule has 0 saturated heterocycles. The normalized spacial score (nSPS) is 13.8. The van der Waals surface area contributed by atoms with Gasteiger partial charge >= 0.3 is 67.1 Å². The number of halogens is 4. The first kappa shape index (κ1) is 36.5. The molecule has 2 aromatic heterocycles. The third-order valence-electron chi connectivity index (χ3n) is 5.27. The molecule has 2 aromatic rings. The van der Waals surface area contributed by atoms with Gasteiger partial charge in [0.05, 0.1) is 30.2 Å². The Labute approximate surface area is 257 Å². The van der Waals surface area contributed by atoms with E-state index in [0.29, 0.717) is 0 Å². The maximum atomic E-state index is 13.9. The molecule has 0 spiro atoms. The van der Waals surface area contributed by atoms with E-state index in [-0.39, 0.29) is 42.2 Å². The van der Waals surface area contributed by atoms with Crippen molar-refractivity contribution >= 4 is 63.6 Å². The van der Waals surface area contributed by atoms with Crippen molar-refractivity contribution < 1.29 is 18.6 Å². The minimum absolute atomic E-state index is 0.00194. The molecule has 2 heterocycles. The van der Waals surface area contributed by atoms with E-state index in [4.69, 9.17) is 50.4 Å². The van der Waals surface area contributed by atoms with Crippen molar-refractivity contribution in [3.8, 4) is 0 Å². The predicted molar refractivity (Wildman–Crippen MR) is 165 cm³/mol. The van der Waals surface area contributed by atoms with E-state index in [1.165, 1.54) is 11.3 Å². The molecule has 0 bridgehead atoms. The number of rotatable bonds is 8. The van der Waals surface area contributed by atoms with E-state index < -0.39 is 9.20 Å². The SMILES string of the molecule is CC(C)N=c1n(C(C)C)c(N(C(=O)c2cccs2)C(C)C)[n+](C(C)C)c(=NC(C)C)n1C(C)C.[Cl][Fe-]([Cl])([Cl])[Cl]. The fourth-order valence-electron chi connectivity index (χ4n) is 4.02. The second-order valence-electron chi connectivity index (χ2n) is 10.8. The van der Waals surface area contributed by atoms with Crippen molar-refractivity contribution in [1.29, 1.82) is 0 Å². The molecule has 0 fully saturated rings. The Morgan fingerprint density at radius 3 is 1.69 bits per heavy atom. The van der Waals surface area contributed by atoms with Gasteiger partial charge < -0.3 is 0 Å². The maximum absolute atomic E-state index is 13.9. The molecule has 0 aliphatic carbocycles. The molecule has 39 heavy (non-hydrogen) atoms. The number of hydrogen-bond donors (Lipinski definition) is 0. The number of nitrogens with zero attached hydrogens (tertiary/aromatic N) is 6. The summed E-state index contributed by atoms with van der Waals surface area (Å²) < 4.78 is 6.69. The Morgan fingerprint density at radius 1 is 0.872 bits per heavy atom. The summed E-state index contributed by atoms with van der Waals surface area (Å²) in [4.78, 5) is 26.8. The first-order chi connectivity index (χ1) is 17.8. The molecule has 2 rings (SSSR count). The summed E-state index contributed by atoms with van der Waals surface area (Å²) in [6, 6.07) is 4.24. The summed E-state index contributed by atoms with van der Waals surface area (Å²) in [7, 11) is 17.2.